The zero-order valence-corrected chi connectivity index (χ0v) is 51.9. The average Bonchev–Trinajstić information content (AvgIpc) is 3.45. The van der Waals surface area contributed by atoms with Gasteiger partial charge in [-0.05, 0) is 128 Å². The van der Waals surface area contributed by atoms with Gasteiger partial charge in [0.1, 0.15) is 13.2 Å². The molecule has 0 aliphatic carbocycles. The Balaban J connectivity index is 4.44. The zero-order chi connectivity index (χ0) is 57.1. The summed E-state index contributed by atoms with van der Waals surface area (Å²) in [5.74, 6) is -0.928. The molecule has 0 amide bonds. The molecule has 1 atom stereocenters. The molecule has 0 aromatic heterocycles. The lowest BCUT2D eigenvalue weighted by Gasteiger charge is -2.18. The smallest absolute Gasteiger partial charge is 0.306 e. The minimum atomic E-state index is -0.800. The van der Waals surface area contributed by atoms with Crippen molar-refractivity contribution in [3.63, 3.8) is 0 Å². The van der Waals surface area contributed by atoms with Crippen LogP contribution in [0.2, 0.25) is 0 Å². The Kier molecular flexibility index (Phi) is 63.3. The highest BCUT2D eigenvalue weighted by Crippen LogP contribution is 2.16. The number of carbonyl (C=O) groups excluding carboxylic acids is 3. The van der Waals surface area contributed by atoms with Gasteiger partial charge in [-0.3, -0.25) is 14.4 Å². The van der Waals surface area contributed by atoms with Crippen molar-refractivity contribution in [2.45, 2.75) is 322 Å². The van der Waals surface area contributed by atoms with Crippen molar-refractivity contribution in [1.29, 1.82) is 0 Å². The fourth-order valence-corrected chi connectivity index (χ4v) is 9.24. The predicted octanol–water partition coefficient (Wildman–Crippen LogP) is 23.0. The molecule has 0 heterocycles. The first kappa shape index (κ1) is 75.1. The third-order valence-electron chi connectivity index (χ3n) is 14.2. The monoisotopic (exact) mass is 1100 g/mol. The molecule has 0 saturated carbocycles. The van der Waals surface area contributed by atoms with Crippen molar-refractivity contribution >= 4 is 17.9 Å². The van der Waals surface area contributed by atoms with Gasteiger partial charge in [0.05, 0.1) is 0 Å². The summed E-state index contributed by atoms with van der Waals surface area (Å²) in [6.07, 6.45) is 90.9. The van der Waals surface area contributed by atoms with E-state index < -0.39 is 6.10 Å². The fourth-order valence-electron chi connectivity index (χ4n) is 9.24. The Hall–Kier alpha value is -3.93. The highest BCUT2D eigenvalue weighted by Gasteiger charge is 2.19. The zero-order valence-electron chi connectivity index (χ0n) is 51.9. The third-order valence-corrected chi connectivity index (χ3v) is 14.2. The topological polar surface area (TPSA) is 78.9 Å². The van der Waals surface area contributed by atoms with Gasteiger partial charge in [0, 0.05) is 19.3 Å². The molecule has 0 radical (unpaired) electrons. The lowest BCUT2D eigenvalue weighted by molar-refractivity contribution is -0.167. The summed E-state index contributed by atoms with van der Waals surface area (Å²) in [6.45, 7) is 6.51. The number of allylic oxidation sites excluding steroid dienone is 18. The molecule has 79 heavy (non-hydrogen) atoms. The van der Waals surface area contributed by atoms with Crippen LogP contribution in [0.15, 0.2) is 109 Å². The van der Waals surface area contributed by atoms with E-state index in [4.69, 9.17) is 14.2 Å². The molecule has 0 rings (SSSR count). The second-order valence-corrected chi connectivity index (χ2v) is 22.0. The summed E-state index contributed by atoms with van der Waals surface area (Å²) in [4.78, 5) is 38.4. The first-order valence-electron chi connectivity index (χ1n) is 33.4. The Morgan fingerprint density at radius 2 is 0.494 bits per heavy atom. The van der Waals surface area contributed by atoms with Crippen LogP contribution in [0, 0.1) is 0 Å². The van der Waals surface area contributed by atoms with Crippen LogP contribution in [0.1, 0.15) is 316 Å². The van der Waals surface area contributed by atoms with E-state index in [0.29, 0.717) is 19.3 Å². The van der Waals surface area contributed by atoms with Crippen molar-refractivity contribution in [2.24, 2.45) is 0 Å². The summed E-state index contributed by atoms with van der Waals surface area (Å²) in [5, 5.41) is 0. The first-order valence-corrected chi connectivity index (χ1v) is 33.4. The SMILES string of the molecule is CC/C=C\C/C=C\C/C=C\C/C=C\C/C=C\C/C=C\C/C=C\CCCCCC(=O)OCC(COC(=O)CCCCCCC/C=C\CCCCCCCC)OC(=O)CCCCCCCCCCC/C=C\CCCCCCCCCC. The second-order valence-electron chi connectivity index (χ2n) is 22.0. The van der Waals surface area contributed by atoms with Gasteiger partial charge in [-0.15, -0.1) is 0 Å². The summed E-state index contributed by atoms with van der Waals surface area (Å²) in [5.41, 5.74) is 0. The van der Waals surface area contributed by atoms with Gasteiger partial charge in [0.25, 0.3) is 0 Å². The maximum absolute atomic E-state index is 12.9. The highest BCUT2D eigenvalue weighted by atomic mass is 16.6. The molecule has 6 nitrogen and oxygen atoms in total. The lowest BCUT2D eigenvalue weighted by atomic mass is 10.1. The largest absolute Gasteiger partial charge is 0.462 e. The Morgan fingerprint density at radius 1 is 0.266 bits per heavy atom. The number of hydrogen-bond donors (Lipinski definition) is 0. The van der Waals surface area contributed by atoms with Gasteiger partial charge < -0.3 is 14.2 Å². The predicted molar refractivity (Wildman–Crippen MR) is 343 cm³/mol. The number of ether oxygens (including phenoxy) is 3. The minimum absolute atomic E-state index is 0.0938. The Bertz CT molecular complexity index is 1590. The highest BCUT2D eigenvalue weighted by molar-refractivity contribution is 5.71. The number of carbonyl (C=O) groups is 3. The maximum atomic E-state index is 12.9. The van der Waals surface area contributed by atoms with E-state index in [0.717, 1.165) is 116 Å². The van der Waals surface area contributed by atoms with E-state index in [1.807, 2.05) is 0 Å². The number of unbranched alkanes of at least 4 members (excludes halogenated alkanes) is 31. The fraction of sp³-hybridized carbons (Fsp3) is 0.712. The quantitative estimate of drug-likeness (QED) is 0.0261. The van der Waals surface area contributed by atoms with Gasteiger partial charge in [0.2, 0.25) is 0 Å². The summed E-state index contributed by atoms with van der Waals surface area (Å²) in [6, 6.07) is 0. The van der Waals surface area contributed by atoms with Crippen LogP contribution in [-0.2, 0) is 28.6 Å². The van der Waals surface area contributed by atoms with Gasteiger partial charge in [-0.2, -0.15) is 0 Å². The molecule has 452 valence electrons. The molecule has 0 spiro atoms. The molecule has 0 fully saturated rings. The number of rotatable bonds is 60. The molecular formula is C73H124O6. The van der Waals surface area contributed by atoms with Gasteiger partial charge in [-0.1, -0.05) is 278 Å². The first-order chi connectivity index (χ1) is 39.0. The second kappa shape index (κ2) is 66.6. The van der Waals surface area contributed by atoms with Crippen molar-refractivity contribution in [3.05, 3.63) is 109 Å². The van der Waals surface area contributed by atoms with Gasteiger partial charge >= 0.3 is 17.9 Å². The van der Waals surface area contributed by atoms with Gasteiger partial charge in [0.15, 0.2) is 6.10 Å². The van der Waals surface area contributed by atoms with Crippen LogP contribution in [0.5, 0.6) is 0 Å². The molecule has 0 aliphatic heterocycles. The molecule has 0 N–H and O–H groups in total. The van der Waals surface area contributed by atoms with Crippen molar-refractivity contribution < 1.29 is 28.6 Å². The van der Waals surface area contributed by atoms with Crippen molar-refractivity contribution in [2.75, 3.05) is 13.2 Å². The van der Waals surface area contributed by atoms with E-state index >= 15 is 0 Å². The number of esters is 3. The standard InChI is InChI=1S/C73H124O6/c1-4-7-10-13-16-19-22-25-28-30-32-34-35-36-37-39-40-42-45-48-51-54-57-60-63-66-72(75)78-69-70(68-77-71(74)65-62-59-56-53-50-47-44-27-24-21-18-15-12-9-6-3)79-73(76)67-64-61-58-55-52-49-46-43-41-38-33-31-29-26-23-20-17-14-11-8-5-2/h7,10,16,19,25,27-28,31-34,36-37,40,42,44,48,51,70H,4-6,8-9,11-15,17-18,20-24,26,29-30,35,38-39,41,43,45-47,49-50,52-69H2,1-3H3/b10-7-,19-16-,28-25-,33-31-,34-32-,37-36-,42-40-,44-27-,51-48-. The molecule has 0 aromatic rings. The molecule has 6 heteroatoms. The van der Waals surface area contributed by atoms with E-state index in [1.165, 1.54) is 161 Å². The summed E-state index contributed by atoms with van der Waals surface area (Å²) >= 11 is 0. The molecule has 0 bridgehead atoms. The Labute approximate surface area is 489 Å². The molecule has 0 saturated heterocycles. The molecule has 0 aromatic carbocycles. The van der Waals surface area contributed by atoms with Crippen LogP contribution in [0.25, 0.3) is 0 Å². The van der Waals surface area contributed by atoms with Crippen LogP contribution < -0.4 is 0 Å². The third kappa shape index (κ3) is 64.8. The van der Waals surface area contributed by atoms with Crippen LogP contribution in [-0.4, -0.2) is 37.2 Å². The van der Waals surface area contributed by atoms with E-state index in [9.17, 15) is 14.4 Å². The van der Waals surface area contributed by atoms with Crippen molar-refractivity contribution in [1.82, 2.24) is 0 Å². The Morgan fingerprint density at radius 3 is 0.797 bits per heavy atom. The lowest BCUT2D eigenvalue weighted by Crippen LogP contribution is -2.30. The minimum Gasteiger partial charge on any atom is -0.462 e. The molecule has 0 aliphatic rings. The van der Waals surface area contributed by atoms with Crippen molar-refractivity contribution in [3.8, 4) is 0 Å². The normalized spacial score (nSPS) is 12.8. The van der Waals surface area contributed by atoms with Crippen LogP contribution in [0.4, 0.5) is 0 Å². The van der Waals surface area contributed by atoms with Gasteiger partial charge in [-0.25, -0.2) is 0 Å². The van der Waals surface area contributed by atoms with Crippen LogP contribution >= 0.6 is 0 Å². The van der Waals surface area contributed by atoms with Crippen LogP contribution in [0.3, 0.4) is 0 Å². The molecular weight excluding hydrogens is 973 g/mol. The summed E-state index contributed by atoms with van der Waals surface area (Å²) in [7, 11) is 0. The van der Waals surface area contributed by atoms with E-state index in [2.05, 4.69) is 130 Å². The summed E-state index contributed by atoms with van der Waals surface area (Å²) < 4.78 is 16.9. The van der Waals surface area contributed by atoms with E-state index in [1.54, 1.807) is 0 Å². The van der Waals surface area contributed by atoms with E-state index in [-0.39, 0.29) is 31.1 Å². The maximum Gasteiger partial charge on any atom is 0.306 e. The molecule has 1 unspecified atom stereocenters. The number of hydrogen-bond acceptors (Lipinski definition) is 6. The average molecular weight is 1100 g/mol.